The van der Waals surface area contributed by atoms with Crippen molar-refractivity contribution in [3.63, 3.8) is 0 Å². The average Bonchev–Trinajstić information content (AvgIpc) is 2.41. The van der Waals surface area contributed by atoms with Gasteiger partial charge in [0.1, 0.15) is 5.82 Å². The van der Waals surface area contributed by atoms with Crippen molar-refractivity contribution >= 4 is 17.5 Å². The van der Waals surface area contributed by atoms with Crippen molar-refractivity contribution in [3.8, 4) is 0 Å². The van der Waals surface area contributed by atoms with Gasteiger partial charge in [-0.1, -0.05) is 17.7 Å². The molecule has 0 radical (unpaired) electrons. The molecule has 2 heterocycles. The van der Waals surface area contributed by atoms with Crippen LogP contribution in [0.4, 0.5) is 17.5 Å². The van der Waals surface area contributed by atoms with E-state index in [1.165, 1.54) is 5.56 Å². The maximum atomic E-state index is 5.77. The Hall–Kier alpha value is -2.14. The first-order chi connectivity index (χ1) is 9.22. The number of hydrogen-bond acceptors (Lipinski definition) is 5. The first-order valence-electron chi connectivity index (χ1n) is 6.42. The summed E-state index contributed by atoms with van der Waals surface area (Å²) >= 11 is 0. The number of hydrogen-bond donors (Lipinski definition) is 3. The van der Waals surface area contributed by atoms with E-state index in [1.807, 2.05) is 12.1 Å². The lowest BCUT2D eigenvalue weighted by Crippen LogP contribution is -2.26. The number of nitrogen functional groups attached to an aromatic ring is 1. The van der Waals surface area contributed by atoms with E-state index in [0.717, 1.165) is 42.3 Å². The molecule has 0 saturated carbocycles. The molecule has 4 N–H and O–H groups in total. The van der Waals surface area contributed by atoms with E-state index in [4.69, 9.17) is 5.73 Å². The summed E-state index contributed by atoms with van der Waals surface area (Å²) in [6.07, 6.45) is 0.920. The van der Waals surface area contributed by atoms with E-state index in [-0.39, 0.29) is 0 Å². The number of rotatable bonds is 2. The fraction of sp³-hybridized carbons (Fsp3) is 0.286. The molecule has 98 valence electrons. The lowest BCUT2D eigenvalue weighted by Gasteiger charge is -2.19. The van der Waals surface area contributed by atoms with Crippen LogP contribution in [0.15, 0.2) is 24.3 Å². The molecule has 0 saturated heterocycles. The molecule has 0 aliphatic carbocycles. The van der Waals surface area contributed by atoms with Gasteiger partial charge in [-0.2, -0.15) is 4.98 Å². The Labute approximate surface area is 112 Å². The Morgan fingerprint density at radius 3 is 2.79 bits per heavy atom. The van der Waals surface area contributed by atoms with Gasteiger partial charge >= 0.3 is 0 Å². The molecule has 1 aromatic carbocycles. The third-order valence-corrected chi connectivity index (χ3v) is 3.27. The van der Waals surface area contributed by atoms with Gasteiger partial charge in [-0.05, 0) is 32.0 Å². The summed E-state index contributed by atoms with van der Waals surface area (Å²) in [5.41, 5.74) is 10.2. The third kappa shape index (κ3) is 2.51. The summed E-state index contributed by atoms with van der Waals surface area (Å²) in [6, 6.07) is 8.23. The molecule has 5 nitrogen and oxygen atoms in total. The molecule has 0 amide bonds. The first-order valence-corrected chi connectivity index (χ1v) is 6.42. The lowest BCUT2D eigenvalue weighted by atomic mass is 10.1. The van der Waals surface area contributed by atoms with Crippen LogP contribution < -0.4 is 16.4 Å². The maximum Gasteiger partial charge on any atom is 0.222 e. The second-order valence-corrected chi connectivity index (χ2v) is 4.77. The molecule has 0 unspecified atom stereocenters. The van der Waals surface area contributed by atoms with Crippen LogP contribution >= 0.6 is 0 Å². The summed E-state index contributed by atoms with van der Waals surface area (Å²) in [4.78, 5) is 8.63. The fourth-order valence-electron chi connectivity index (χ4n) is 2.26. The van der Waals surface area contributed by atoms with Crippen LogP contribution in [-0.2, 0) is 13.0 Å². The van der Waals surface area contributed by atoms with Crippen molar-refractivity contribution < 1.29 is 0 Å². The van der Waals surface area contributed by atoms with Crippen LogP contribution in [0.25, 0.3) is 0 Å². The minimum atomic E-state index is 0.317. The van der Waals surface area contributed by atoms with E-state index in [2.05, 4.69) is 39.7 Å². The van der Waals surface area contributed by atoms with Gasteiger partial charge in [-0.3, -0.25) is 0 Å². The van der Waals surface area contributed by atoms with Gasteiger partial charge in [0.15, 0.2) is 0 Å². The van der Waals surface area contributed by atoms with Crippen molar-refractivity contribution in [2.45, 2.75) is 19.9 Å². The van der Waals surface area contributed by atoms with Gasteiger partial charge in [0, 0.05) is 17.8 Å². The smallest absolute Gasteiger partial charge is 0.222 e. The predicted molar refractivity (Wildman–Crippen MR) is 76.3 cm³/mol. The van der Waals surface area contributed by atoms with Crippen LogP contribution in [0.2, 0.25) is 0 Å². The Balaban J connectivity index is 1.95. The molecule has 1 aliphatic heterocycles. The Morgan fingerprint density at radius 2 is 2.00 bits per heavy atom. The number of benzene rings is 1. The molecule has 19 heavy (non-hydrogen) atoms. The second kappa shape index (κ2) is 4.85. The Morgan fingerprint density at radius 1 is 1.21 bits per heavy atom. The number of nitrogens with two attached hydrogens (primary N) is 1. The van der Waals surface area contributed by atoms with E-state index < -0.39 is 0 Å². The fourth-order valence-corrected chi connectivity index (χ4v) is 2.26. The molecule has 0 fully saturated rings. The van der Waals surface area contributed by atoms with Crippen molar-refractivity contribution in [3.05, 3.63) is 41.1 Å². The standard InChI is InChI=1S/C14H17N5/c1-9-2-4-10(5-3-9)17-13-11-6-7-16-8-12(11)18-14(15)19-13/h2-5,16H,6-8H2,1H3,(H3,15,17,18,19). The van der Waals surface area contributed by atoms with Crippen LogP contribution in [0.5, 0.6) is 0 Å². The Kier molecular flexibility index (Phi) is 3.05. The first kappa shape index (κ1) is 11.9. The van der Waals surface area contributed by atoms with Gasteiger partial charge in [0.05, 0.1) is 5.69 Å². The van der Waals surface area contributed by atoms with Crippen LogP contribution in [0.3, 0.4) is 0 Å². The lowest BCUT2D eigenvalue weighted by molar-refractivity contribution is 0.626. The molecular weight excluding hydrogens is 238 g/mol. The van der Waals surface area contributed by atoms with Gasteiger partial charge in [0.2, 0.25) is 5.95 Å². The zero-order valence-electron chi connectivity index (χ0n) is 10.9. The van der Waals surface area contributed by atoms with Gasteiger partial charge in [-0.25, -0.2) is 4.98 Å². The quantitative estimate of drug-likeness (QED) is 0.762. The highest BCUT2D eigenvalue weighted by Crippen LogP contribution is 2.24. The highest BCUT2D eigenvalue weighted by molar-refractivity contribution is 5.62. The maximum absolute atomic E-state index is 5.77. The SMILES string of the molecule is Cc1ccc(Nc2nc(N)nc3c2CCNC3)cc1. The zero-order valence-corrected chi connectivity index (χ0v) is 10.9. The number of fused-ring (bicyclic) bond motifs is 1. The second-order valence-electron chi connectivity index (χ2n) is 4.77. The van der Waals surface area contributed by atoms with Crippen molar-refractivity contribution in [1.82, 2.24) is 15.3 Å². The van der Waals surface area contributed by atoms with Crippen LogP contribution in [0, 0.1) is 6.92 Å². The molecule has 0 atom stereocenters. The zero-order chi connectivity index (χ0) is 13.2. The van der Waals surface area contributed by atoms with E-state index in [9.17, 15) is 0 Å². The van der Waals surface area contributed by atoms with E-state index >= 15 is 0 Å². The molecular formula is C14H17N5. The van der Waals surface area contributed by atoms with E-state index in [0.29, 0.717) is 5.95 Å². The summed E-state index contributed by atoms with van der Waals surface area (Å²) in [7, 11) is 0. The summed E-state index contributed by atoms with van der Waals surface area (Å²) in [5.74, 6) is 1.14. The number of nitrogens with one attached hydrogen (secondary N) is 2. The topological polar surface area (TPSA) is 75.9 Å². The molecule has 0 bridgehead atoms. The number of anilines is 3. The van der Waals surface area contributed by atoms with Crippen molar-refractivity contribution in [2.24, 2.45) is 0 Å². The number of nitrogens with zero attached hydrogens (tertiary/aromatic N) is 2. The minimum Gasteiger partial charge on any atom is -0.368 e. The van der Waals surface area contributed by atoms with Gasteiger partial charge in [-0.15, -0.1) is 0 Å². The van der Waals surface area contributed by atoms with Crippen molar-refractivity contribution in [2.75, 3.05) is 17.6 Å². The summed E-state index contributed by atoms with van der Waals surface area (Å²) < 4.78 is 0. The monoisotopic (exact) mass is 255 g/mol. The molecule has 0 spiro atoms. The average molecular weight is 255 g/mol. The van der Waals surface area contributed by atoms with Gasteiger partial charge < -0.3 is 16.4 Å². The number of aryl methyl sites for hydroxylation is 1. The normalized spacial score (nSPS) is 13.9. The summed E-state index contributed by atoms with van der Waals surface area (Å²) in [6.45, 7) is 3.77. The van der Waals surface area contributed by atoms with Gasteiger partial charge in [0.25, 0.3) is 0 Å². The van der Waals surface area contributed by atoms with Crippen LogP contribution in [0.1, 0.15) is 16.8 Å². The molecule has 2 aromatic rings. The molecule has 1 aliphatic rings. The van der Waals surface area contributed by atoms with Crippen LogP contribution in [-0.4, -0.2) is 16.5 Å². The highest BCUT2D eigenvalue weighted by Gasteiger charge is 2.16. The number of aromatic nitrogens is 2. The largest absolute Gasteiger partial charge is 0.368 e. The molecule has 1 aromatic heterocycles. The highest BCUT2D eigenvalue weighted by atomic mass is 15.1. The summed E-state index contributed by atoms with van der Waals surface area (Å²) in [5, 5.41) is 6.63. The van der Waals surface area contributed by atoms with E-state index in [1.54, 1.807) is 0 Å². The van der Waals surface area contributed by atoms with Crippen molar-refractivity contribution in [1.29, 1.82) is 0 Å². The molecule has 5 heteroatoms. The Bertz CT molecular complexity index is 592. The predicted octanol–water partition coefficient (Wildman–Crippen LogP) is 1.76. The third-order valence-electron chi connectivity index (χ3n) is 3.27. The molecule has 3 rings (SSSR count). The minimum absolute atomic E-state index is 0.317.